The van der Waals surface area contributed by atoms with E-state index in [9.17, 15) is 9.59 Å². The van der Waals surface area contributed by atoms with Crippen molar-refractivity contribution in [2.75, 3.05) is 6.79 Å². The van der Waals surface area contributed by atoms with E-state index in [1.54, 1.807) is 16.2 Å². The van der Waals surface area contributed by atoms with Gasteiger partial charge in [0.25, 0.3) is 5.91 Å². The van der Waals surface area contributed by atoms with E-state index in [2.05, 4.69) is 5.32 Å². The third kappa shape index (κ3) is 3.39. The Morgan fingerprint density at radius 3 is 2.82 bits per heavy atom. The number of amides is 2. The van der Waals surface area contributed by atoms with Crippen LogP contribution < -0.4 is 14.8 Å². The number of fused-ring (bicyclic) bond motifs is 4. The molecule has 2 aliphatic heterocycles. The quantitative estimate of drug-likeness (QED) is 0.624. The molecule has 7 nitrogen and oxygen atoms in total. The fourth-order valence-electron chi connectivity index (χ4n) is 5.33. The molecule has 1 aromatic carbocycles. The van der Waals surface area contributed by atoms with Gasteiger partial charge in [-0.25, -0.2) is 0 Å². The van der Waals surface area contributed by atoms with Crippen LogP contribution in [0.4, 0.5) is 0 Å². The SMILES string of the molecule is CC1(C(=O)NC2CCCCC2)Cn2c(cc3sccc32)C(=O)N1Cc1ccc2c(c1)OCO2. The third-order valence-corrected chi connectivity index (χ3v) is 8.11. The zero-order valence-corrected chi connectivity index (χ0v) is 19.5. The van der Waals surface area contributed by atoms with Crippen LogP contribution in [0.5, 0.6) is 11.5 Å². The fourth-order valence-corrected chi connectivity index (χ4v) is 6.15. The molecule has 2 amide bonds. The second kappa shape index (κ2) is 7.80. The molecule has 8 heteroatoms. The summed E-state index contributed by atoms with van der Waals surface area (Å²) in [6.45, 7) is 2.85. The van der Waals surface area contributed by atoms with Crippen molar-refractivity contribution in [3.63, 3.8) is 0 Å². The van der Waals surface area contributed by atoms with Crippen molar-refractivity contribution in [1.29, 1.82) is 0 Å². The number of nitrogens with one attached hydrogen (secondary N) is 1. The Morgan fingerprint density at radius 1 is 1.15 bits per heavy atom. The lowest BCUT2D eigenvalue weighted by atomic mass is 9.91. The normalized spacial score (nSPS) is 22.6. The van der Waals surface area contributed by atoms with Crippen LogP contribution in [0.25, 0.3) is 10.2 Å². The molecule has 33 heavy (non-hydrogen) atoms. The zero-order chi connectivity index (χ0) is 22.6. The Bertz CT molecular complexity index is 1240. The molecule has 1 aliphatic carbocycles. The number of carbonyl (C=O) groups is 2. The molecular formula is C25H27N3O4S. The summed E-state index contributed by atoms with van der Waals surface area (Å²) < 4.78 is 14.1. The van der Waals surface area contributed by atoms with Gasteiger partial charge in [0.05, 0.1) is 16.8 Å². The van der Waals surface area contributed by atoms with E-state index in [1.165, 1.54) is 6.42 Å². The average Bonchev–Trinajstić information content (AvgIpc) is 3.54. The van der Waals surface area contributed by atoms with Gasteiger partial charge in [-0.3, -0.25) is 9.59 Å². The molecule has 3 aromatic rings. The van der Waals surface area contributed by atoms with Crippen molar-refractivity contribution in [2.45, 2.75) is 63.7 Å². The van der Waals surface area contributed by atoms with Crippen LogP contribution >= 0.6 is 11.3 Å². The Labute approximate surface area is 196 Å². The first-order valence-corrected chi connectivity index (χ1v) is 12.5. The number of hydrogen-bond acceptors (Lipinski definition) is 5. The van der Waals surface area contributed by atoms with Crippen LogP contribution in [0, 0.1) is 0 Å². The van der Waals surface area contributed by atoms with Gasteiger partial charge in [-0.2, -0.15) is 0 Å². The number of nitrogens with zero attached hydrogens (tertiary/aromatic N) is 2. The summed E-state index contributed by atoms with van der Waals surface area (Å²) in [5.74, 6) is 1.18. The molecule has 1 fully saturated rings. The van der Waals surface area contributed by atoms with Crippen LogP contribution in [-0.2, 0) is 17.9 Å². The molecule has 172 valence electrons. The van der Waals surface area contributed by atoms with E-state index in [0.29, 0.717) is 30.3 Å². The minimum atomic E-state index is -1.01. The number of carbonyl (C=O) groups excluding carboxylic acids is 2. The second-order valence-corrected chi connectivity index (χ2v) is 10.4. The molecule has 0 bridgehead atoms. The molecule has 1 atom stereocenters. The highest BCUT2D eigenvalue weighted by Crippen LogP contribution is 2.37. The van der Waals surface area contributed by atoms with Crippen LogP contribution in [0.1, 0.15) is 55.1 Å². The summed E-state index contributed by atoms with van der Waals surface area (Å²) in [4.78, 5) is 29.3. The third-order valence-electron chi connectivity index (χ3n) is 7.26. The monoisotopic (exact) mass is 465 g/mol. The lowest BCUT2D eigenvalue weighted by Crippen LogP contribution is -2.64. The molecule has 0 saturated heterocycles. The number of hydrogen-bond donors (Lipinski definition) is 1. The topological polar surface area (TPSA) is 72.8 Å². The lowest BCUT2D eigenvalue weighted by Gasteiger charge is -2.45. The Hall–Kier alpha value is -3.00. The highest BCUT2D eigenvalue weighted by molar-refractivity contribution is 7.17. The van der Waals surface area contributed by atoms with Gasteiger partial charge in [-0.1, -0.05) is 25.3 Å². The average molecular weight is 466 g/mol. The summed E-state index contributed by atoms with van der Waals surface area (Å²) in [6, 6.07) is 9.87. The van der Waals surface area contributed by atoms with E-state index in [-0.39, 0.29) is 24.6 Å². The molecule has 2 aromatic heterocycles. The van der Waals surface area contributed by atoms with Crippen LogP contribution in [-0.4, -0.2) is 39.7 Å². The summed E-state index contributed by atoms with van der Waals surface area (Å²) in [5, 5.41) is 5.31. The van der Waals surface area contributed by atoms with Gasteiger partial charge in [0.15, 0.2) is 11.5 Å². The minimum absolute atomic E-state index is 0.0776. The smallest absolute Gasteiger partial charge is 0.271 e. The first kappa shape index (κ1) is 20.6. The van der Waals surface area contributed by atoms with Crippen molar-refractivity contribution in [1.82, 2.24) is 14.8 Å². The first-order valence-electron chi connectivity index (χ1n) is 11.6. The summed E-state index contributed by atoms with van der Waals surface area (Å²) >= 11 is 1.62. The highest BCUT2D eigenvalue weighted by Gasteiger charge is 2.48. The van der Waals surface area contributed by atoms with E-state index in [4.69, 9.17) is 9.47 Å². The first-order chi connectivity index (χ1) is 16.0. The van der Waals surface area contributed by atoms with Crippen molar-refractivity contribution in [3.05, 3.63) is 47.0 Å². The molecule has 6 rings (SSSR count). The van der Waals surface area contributed by atoms with Crippen molar-refractivity contribution >= 4 is 33.4 Å². The fraction of sp³-hybridized carbons (Fsp3) is 0.440. The van der Waals surface area contributed by atoms with Crippen molar-refractivity contribution in [2.24, 2.45) is 0 Å². The Balaban J connectivity index is 1.37. The van der Waals surface area contributed by atoms with E-state index < -0.39 is 5.54 Å². The zero-order valence-electron chi connectivity index (χ0n) is 18.6. The van der Waals surface area contributed by atoms with E-state index in [1.807, 2.05) is 47.2 Å². The predicted molar refractivity (Wildman–Crippen MR) is 126 cm³/mol. The molecule has 0 radical (unpaired) electrons. The molecule has 1 unspecified atom stereocenters. The predicted octanol–water partition coefficient (Wildman–Crippen LogP) is 4.30. The van der Waals surface area contributed by atoms with Crippen LogP contribution in [0.3, 0.4) is 0 Å². The summed E-state index contributed by atoms with van der Waals surface area (Å²) in [6.07, 6.45) is 5.50. The van der Waals surface area contributed by atoms with Gasteiger partial charge in [0, 0.05) is 12.6 Å². The van der Waals surface area contributed by atoms with Crippen molar-refractivity contribution < 1.29 is 19.1 Å². The van der Waals surface area contributed by atoms with Gasteiger partial charge >= 0.3 is 0 Å². The maximum Gasteiger partial charge on any atom is 0.271 e. The largest absolute Gasteiger partial charge is 0.454 e. The number of rotatable bonds is 4. The molecule has 0 spiro atoms. The van der Waals surface area contributed by atoms with Crippen LogP contribution in [0.15, 0.2) is 35.7 Å². The standard InChI is InChI=1S/C25H27N3O4S/c1-25(24(30)26-17-5-3-2-4-6-17)14-27-18-9-10-33-22(18)12-19(27)23(29)28(25)13-16-7-8-20-21(11-16)32-15-31-20/h7-12,17H,2-6,13-15H2,1H3,(H,26,30). The van der Waals surface area contributed by atoms with Crippen LogP contribution in [0.2, 0.25) is 0 Å². The minimum Gasteiger partial charge on any atom is -0.454 e. The van der Waals surface area contributed by atoms with Crippen molar-refractivity contribution in [3.8, 4) is 11.5 Å². The van der Waals surface area contributed by atoms with E-state index >= 15 is 0 Å². The summed E-state index contributed by atoms with van der Waals surface area (Å²) in [7, 11) is 0. The maximum absolute atomic E-state index is 13.8. The molecule has 1 N–H and O–H groups in total. The van der Waals surface area contributed by atoms with E-state index in [0.717, 1.165) is 41.5 Å². The highest BCUT2D eigenvalue weighted by atomic mass is 32.1. The van der Waals surface area contributed by atoms with Gasteiger partial charge in [0.1, 0.15) is 11.2 Å². The molecule has 4 heterocycles. The summed E-state index contributed by atoms with van der Waals surface area (Å²) in [5.41, 5.74) is 1.56. The number of benzene rings is 1. The number of aromatic nitrogens is 1. The maximum atomic E-state index is 13.8. The molecule has 3 aliphatic rings. The second-order valence-electron chi connectivity index (χ2n) is 9.45. The Morgan fingerprint density at radius 2 is 1.97 bits per heavy atom. The molecule has 1 saturated carbocycles. The number of thiophene rings is 1. The lowest BCUT2D eigenvalue weighted by molar-refractivity contribution is -0.134. The van der Waals surface area contributed by atoms with Gasteiger partial charge in [-0.05, 0) is 55.0 Å². The Kier molecular flexibility index (Phi) is 4.87. The number of ether oxygens (including phenoxy) is 2. The molecular weight excluding hydrogens is 438 g/mol. The van der Waals surface area contributed by atoms with Gasteiger partial charge in [-0.15, -0.1) is 11.3 Å². The van der Waals surface area contributed by atoms with Gasteiger partial charge < -0.3 is 24.3 Å². The van der Waals surface area contributed by atoms with Gasteiger partial charge in [0.2, 0.25) is 12.7 Å².